The van der Waals surface area contributed by atoms with E-state index in [-0.39, 0.29) is 12.5 Å². The van der Waals surface area contributed by atoms with Crippen molar-refractivity contribution in [3.05, 3.63) is 83.4 Å². The van der Waals surface area contributed by atoms with Crippen molar-refractivity contribution in [2.75, 3.05) is 20.3 Å². The van der Waals surface area contributed by atoms with Crippen molar-refractivity contribution in [3.63, 3.8) is 0 Å². The smallest absolute Gasteiger partial charge is 0.258 e. The highest BCUT2D eigenvalue weighted by molar-refractivity contribution is 5.77. The fourth-order valence-corrected chi connectivity index (χ4v) is 3.04. The lowest BCUT2D eigenvalue weighted by molar-refractivity contribution is -0.123. The molecule has 0 aliphatic rings. The fourth-order valence-electron chi connectivity index (χ4n) is 3.04. The maximum atomic E-state index is 12.3. The number of hydrogen-bond donors (Lipinski definition) is 1. The standard InChI is InChI=1S/C26H26N2O5/c1-3-31-25-13-20(15-27)9-11-23(25)33-18-26(29)28-16-21-10-12-22(24(14-21)30-2)32-17-19-7-5-4-6-8-19/h4-14H,3,16-18H2,1-2H3,(H,28,29). The van der Waals surface area contributed by atoms with E-state index in [2.05, 4.69) is 11.4 Å². The van der Waals surface area contributed by atoms with Gasteiger partial charge in [-0.1, -0.05) is 36.4 Å². The summed E-state index contributed by atoms with van der Waals surface area (Å²) in [6.45, 7) is 2.82. The van der Waals surface area contributed by atoms with Gasteiger partial charge in [0, 0.05) is 12.6 Å². The topological polar surface area (TPSA) is 89.8 Å². The van der Waals surface area contributed by atoms with E-state index in [1.54, 1.807) is 25.3 Å². The van der Waals surface area contributed by atoms with Crippen molar-refractivity contribution in [1.82, 2.24) is 5.32 Å². The van der Waals surface area contributed by atoms with Gasteiger partial charge in [-0.3, -0.25) is 4.79 Å². The van der Waals surface area contributed by atoms with Crippen LogP contribution >= 0.6 is 0 Å². The summed E-state index contributed by atoms with van der Waals surface area (Å²) in [6, 6.07) is 22.3. The molecule has 3 aromatic rings. The summed E-state index contributed by atoms with van der Waals surface area (Å²) in [5.41, 5.74) is 2.38. The molecule has 7 nitrogen and oxygen atoms in total. The second kappa shape index (κ2) is 12.0. The normalized spacial score (nSPS) is 10.1. The molecular formula is C26H26N2O5. The van der Waals surface area contributed by atoms with Crippen LogP contribution in [0.2, 0.25) is 0 Å². The van der Waals surface area contributed by atoms with Crippen LogP contribution in [0.4, 0.5) is 0 Å². The first-order valence-corrected chi connectivity index (χ1v) is 10.5. The molecule has 3 rings (SSSR count). The highest BCUT2D eigenvalue weighted by Gasteiger charge is 2.11. The zero-order valence-electron chi connectivity index (χ0n) is 18.7. The Morgan fingerprint density at radius 2 is 1.64 bits per heavy atom. The Morgan fingerprint density at radius 1 is 0.879 bits per heavy atom. The summed E-state index contributed by atoms with van der Waals surface area (Å²) in [7, 11) is 1.58. The zero-order chi connectivity index (χ0) is 23.5. The van der Waals surface area contributed by atoms with Crippen LogP contribution in [0.1, 0.15) is 23.6 Å². The number of hydrogen-bond acceptors (Lipinski definition) is 6. The lowest BCUT2D eigenvalue weighted by atomic mass is 10.2. The molecule has 0 fully saturated rings. The second-order valence-corrected chi connectivity index (χ2v) is 7.03. The van der Waals surface area contributed by atoms with E-state index >= 15 is 0 Å². The zero-order valence-corrected chi connectivity index (χ0v) is 18.7. The molecule has 0 aliphatic carbocycles. The molecule has 170 valence electrons. The number of nitriles is 1. The summed E-state index contributed by atoms with van der Waals surface area (Å²) >= 11 is 0. The van der Waals surface area contributed by atoms with Gasteiger partial charge >= 0.3 is 0 Å². The second-order valence-electron chi connectivity index (χ2n) is 7.03. The number of nitrogens with one attached hydrogen (secondary N) is 1. The van der Waals surface area contributed by atoms with Crippen molar-refractivity contribution in [1.29, 1.82) is 5.26 Å². The number of ether oxygens (including phenoxy) is 4. The van der Waals surface area contributed by atoms with E-state index < -0.39 is 0 Å². The SMILES string of the molecule is CCOc1cc(C#N)ccc1OCC(=O)NCc1ccc(OCc2ccccc2)c(OC)c1. The first kappa shape index (κ1) is 23.5. The molecule has 0 heterocycles. The van der Waals surface area contributed by atoms with Gasteiger partial charge in [-0.15, -0.1) is 0 Å². The van der Waals surface area contributed by atoms with E-state index in [1.807, 2.05) is 55.5 Å². The maximum absolute atomic E-state index is 12.3. The number of nitrogens with zero attached hydrogens (tertiary/aromatic N) is 1. The minimum atomic E-state index is -0.287. The van der Waals surface area contributed by atoms with Gasteiger partial charge in [0.2, 0.25) is 0 Å². The molecule has 0 bridgehead atoms. The Hall–Kier alpha value is -4.18. The first-order valence-electron chi connectivity index (χ1n) is 10.5. The molecule has 0 saturated carbocycles. The van der Waals surface area contributed by atoms with Gasteiger partial charge in [0.25, 0.3) is 5.91 Å². The monoisotopic (exact) mass is 446 g/mol. The number of amides is 1. The summed E-state index contributed by atoms with van der Waals surface area (Å²) in [5.74, 6) is 1.77. The minimum Gasteiger partial charge on any atom is -0.493 e. The van der Waals surface area contributed by atoms with Crippen LogP contribution in [0, 0.1) is 11.3 Å². The van der Waals surface area contributed by atoms with Crippen molar-refractivity contribution in [3.8, 4) is 29.1 Å². The Morgan fingerprint density at radius 3 is 2.36 bits per heavy atom. The number of rotatable bonds is 11. The molecule has 3 aromatic carbocycles. The fraction of sp³-hybridized carbons (Fsp3) is 0.231. The van der Waals surface area contributed by atoms with Gasteiger partial charge in [0.05, 0.1) is 25.3 Å². The predicted molar refractivity (Wildman–Crippen MR) is 123 cm³/mol. The van der Waals surface area contributed by atoms with Crippen LogP contribution < -0.4 is 24.3 Å². The number of carbonyl (C=O) groups excluding carboxylic acids is 1. The number of benzene rings is 3. The van der Waals surface area contributed by atoms with Crippen LogP contribution in [-0.2, 0) is 17.9 Å². The molecule has 33 heavy (non-hydrogen) atoms. The Labute approximate surface area is 193 Å². The van der Waals surface area contributed by atoms with Crippen LogP contribution in [0.15, 0.2) is 66.7 Å². The van der Waals surface area contributed by atoms with E-state index in [4.69, 9.17) is 24.2 Å². The maximum Gasteiger partial charge on any atom is 0.258 e. The third kappa shape index (κ3) is 6.91. The van der Waals surface area contributed by atoms with Crippen LogP contribution in [-0.4, -0.2) is 26.2 Å². The molecular weight excluding hydrogens is 420 g/mol. The third-order valence-electron chi connectivity index (χ3n) is 4.69. The molecule has 7 heteroatoms. The number of carbonyl (C=O) groups is 1. The molecule has 0 radical (unpaired) electrons. The molecule has 0 saturated heterocycles. The van der Waals surface area contributed by atoms with Gasteiger partial charge in [0.1, 0.15) is 6.61 Å². The molecule has 1 N–H and O–H groups in total. The minimum absolute atomic E-state index is 0.179. The third-order valence-corrected chi connectivity index (χ3v) is 4.69. The van der Waals surface area contributed by atoms with Gasteiger partial charge in [0.15, 0.2) is 29.6 Å². The highest BCUT2D eigenvalue weighted by Crippen LogP contribution is 2.29. The van der Waals surface area contributed by atoms with E-state index in [1.165, 1.54) is 0 Å². The Kier molecular flexibility index (Phi) is 8.55. The molecule has 1 amide bonds. The summed E-state index contributed by atoms with van der Waals surface area (Å²) in [4.78, 5) is 12.3. The van der Waals surface area contributed by atoms with Gasteiger partial charge < -0.3 is 24.3 Å². The number of methoxy groups -OCH3 is 1. The quantitative estimate of drug-likeness (QED) is 0.474. The molecule has 0 aromatic heterocycles. The van der Waals surface area contributed by atoms with E-state index in [0.717, 1.165) is 11.1 Å². The lowest BCUT2D eigenvalue weighted by Gasteiger charge is -2.14. The molecule has 0 unspecified atom stereocenters. The van der Waals surface area contributed by atoms with Crippen molar-refractivity contribution in [2.45, 2.75) is 20.1 Å². The summed E-state index contributed by atoms with van der Waals surface area (Å²) in [6.07, 6.45) is 0. The Balaban J connectivity index is 1.53. The largest absolute Gasteiger partial charge is 0.493 e. The average molecular weight is 447 g/mol. The molecule has 0 aliphatic heterocycles. The van der Waals surface area contributed by atoms with E-state index in [0.29, 0.717) is 48.3 Å². The van der Waals surface area contributed by atoms with Gasteiger partial charge in [-0.2, -0.15) is 5.26 Å². The van der Waals surface area contributed by atoms with Gasteiger partial charge in [-0.25, -0.2) is 0 Å². The molecule has 0 spiro atoms. The van der Waals surface area contributed by atoms with E-state index in [9.17, 15) is 4.79 Å². The highest BCUT2D eigenvalue weighted by atomic mass is 16.5. The lowest BCUT2D eigenvalue weighted by Crippen LogP contribution is -2.28. The van der Waals surface area contributed by atoms with Crippen LogP contribution in [0.25, 0.3) is 0 Å². The predicted octanol–water partition coefficient (Wildman–Crippen LogP) is 4.24. The van der Waals surface area contributed by atoms with Crippen molar-refractivity contribution < 1.29 is 23.7 Å². The molecule has 0 atom stereocenters. The average Bonchev–Trinajstić information content (AvgIpc) is 2.86. The Bertz CT molecular complexity index is 1110. The van der Waals surface area contributed by atoms with Crippen molar-refractivity contribution >= 4 is 5.91 Å². The first-order chi connectivity index (χ1) is 16.1. The summed E-state index contributed by atoms with van der Waals surface area (Å²) < 4.78 is 22.4. The van der Waals surface area contributed by atoms with Crippen LogP contribution in [0.3, 0.4) is 0 Å². The van der Waals surface area contributed by atoms with Gasteiger partial charge in [-0.05, 0) is 42.3 Å². The van der Waals surface area contributed by atoms with Crippen molar-refractivity contribution in [2.24, 2.45) is 0 Å². The summed E-state index contributed by atoms with van der Waals surface area (Å²) in [5, 5.41) is 11.8. The van der Waals surface area contributed by atoms with Crippen LogP contribution in [0.5, 0.6) is 23.0 Å².